The summed E-state index contributed by atoms with van der Waals surface area (Å²) in [4.78, 5) is 11.3. The minimum absolute atomic E-state index is 0.269. The first-order chi connectivity index (χ1) is 9.49. The monoisotopic (exact) mass is 294 g/mol. The van der Waals surface area contributed by atoms with E-state index in [0.717, 1.165) is 35.7 Å². The maximum Gasteiger partial charge on any atom is 0.309 e. The van der Waals surface area contributed by atoms with Crippen molar-refractivity contribution in [3.63, 3.8) is 0 Å². The summed E-state index contributed by atoms with van der Waals surface area (Å²) in [5.41, 5.74) is 0.208. The van der Waals surface area contributed by atoms with Crippen LogP contribution in [0, 0.1) is 5.41 Å². The number of carboxylic acid groups (broad SMARTS) is 1. The van der Waals surface area contributed by atoms with Crippen molar-refractivity contribution in [3.8, 4) is 5.75 Å². The smallest absolute Gasteiger partial charge is 0.309 e. The second-order valence-electron chi connectivity index (χ2n) is 5.90. The Morgan fingerprint density at radius 1 is 1.35 bits per heavy atom. The van der Waals surface area contributed by atoms with Crippen LogP contribution in [0.2, 0.25) is 0 Å². The zero-order chi connectivity index (χ0) is 14.6. The van der Waals surface area contributed by atoms with Gasteiger partial charge in [-0.15, -0.1) is 0 Å². The summed E-state index contributed by atoms with van der Waals surface area (Å²) in [5.74, 6) is 2.36. The van der Waals surface area contributed by atoms with E-state index in [1.807, 2.05) is 36.0 Å². The number of benzene rings is 1. The molecule has 0 unspecified atom stereocenters. The molecule has 1 aliphatic rings. The molecule has 3 nitrogen and oxygen atoms in total. The predicted octanol–water partition coefficient (Wildman–Crippen LogP) is 3.61. The van der Waals surface area contributed by atoms with Gasteiger partial charge in [-0.05, 0) is 56.2 Å². The molecule has 1 aromatic carbocycles. The fourth-order valence-electron chi connectivity index (χ4n) is 2.29. The number of carbonyl (C=O) groups is 1. The lowest BCUT2D eigenvalue weighted by Crippen LogP contribution is -2.27. The molecule has 1 N–H and O–H groups in total. The van der Waals surface area contributed by atoms with Gasteiger partial charge >= 0.3 is 5.97 Å². The molecule has 0 radical (unpaired) electrons. The van der Waals surface area contributed by atoms with Gasteiger partial charge in [-0.2, -0.15) is 11.8 Å². The van der Waals surface area contributed by atoms with Crippen molar-refractivity contribution >= 4 is 17.7 Å². The van der Waals surface area contributed by atoms with Gasteiger partial charge in [0.2, 0.25) is 0 Å². The predicted molar refractivity (Wildman–Crippen MR) is 82.5 cm³/mol. The molecule has 2 rings (SSSR count). The Morgan fingerprint density at radius 2 is 2.00 bits per heavy atom. The van der Waals surface area contributed by atoms with Gasteiger partial charge in [0.1, 0.15) is 11.9 Å². The number of thioether (sulfide) groups is 1. The van der Waals surface area contributed by atoms with E-state index < -0.39 is 11.4 Å². The Kier molecular flexibility index (Phi) is 4.97. The molecule has 0 amide bonds. The summed E-state index contributed by atoms with van der Waals surface area (Å²) in [7, 11) is 0. The fourth-order valence-corrected chi connectivity index (χ4v) is 3.35. The molecule has 0 saturated carbocycles. The molecule has 1 fully saturated rings. The Hall–Kier alpha value is -1.16. The molecular weight excluding hydrogens is 272 g/mol. The van der Waals surface area contributed by atoms with Crippen LogP contribution in [0.5, 0.6) is 5.75 Å². The van der Waals surface area contributed by atoms with Crippen LogP contribution in [0.4, 0.5) is 0 Å². The molecule has 110 valence electrons. The standard InChI is InChI=1S/C16H22O3S/c1-16(2,15(17)18)11-12-5-3-4-6-14(12)19-13-7-9-20-10-8-13/h3-6,13H,7-11H2,1-2H3,(H,17,18). The minimum Gasteiger partial charge on any atom is -0.490 e. The van der Waals surface area contributed by atoms with Crippen LogP contribution in [0.3, 0.4) is 0 Å². The third-order valence-corrected chi connectivity index (χ3v) is 4.69. The average Bonchev–Trinajstić information content (AvgIpc) is 2.42. The molecule has 0 aliphatic carbocycles. The molecule has 20 heavy (non-hydrogen) atoms. The van der Waals surface area contributed by atoms with E-state index >= 15 is 0 Å². The zero-order valence-corrected chi connectivity index (χ0v) is 12.9. The van der Waals surface area contributed by atoms with Gasteiger partial charge in [0.25, 0.3) is 0 Å². The van der Waals surface area contributed by atoms with Crippen LogP contribution in [0.1, 0.15) is 32.3 Å². The highest BCUT2D eigenvalue weighted by Crippen LogP contribution is 2.30. The Morgan fingerprint density at radius 3 is 2.65 bits per heavy atom. The number of hydrogen-bond acceptors (Lipinski definition) is 3. The molecule has 1 saturated heterocycles. The number of carboxylic acids is 1. The quantitative estimate of drug-likeness (QED) is 0.901. The number of hydrogen-bond donors (Lipinski definition) is 1. The van der Waals surface area contributed by atoms with Crippen LogP contribution in [-0.4, -0.2) is 28.7 Å². The van der Waals surface area contributed by atoms with Crippen molar-refractivity contribution < 1.29 is 14.6 Å². The van der Waals surface area contributed by atoms with Gasteiger partial charge in [-0.25, -0.2) is 0 Å². The van der Waals surface area contributed by atoms with Gasteiger partial charge < -0.3 is 9.84 Å². The van der Waals surface area contributed by atoms with Crippen molar-refractivity contribution in [1.29, 1.82) is 0 Å². The van der Waals surface area contributed by atoms with E-state index in [1.165, 1.54) is 0 Å². The number of rotatable bonds is 5. The minimum atomic E-state index is -0.777. The highest BCUT2D eigenvalue weighted by Gasteiger charge is 2.29. The SMILES string of the molecule is CC(C)(Cc1ccccc1OC1CCSCC1)C(=O)O. The first-order valence-electron chi connectivity index (χ1n) is 7.05. The average molecular weight is 294 g/mol. The highest BCUT2D eigenvalue weighted by molar-refractivity contribution is 7.99. The molecule has 0 spiro atoms. The first-order valence-corrected chi connectivity index (χ1v) is 8.20. The Bertz CT molecular complexity index is 465. The number of para-hydroxylation sites is 1. The summed E-state index contributed by atoms with van der Waals surface area (Å²) in [6.07, 6.45) is 2.90. The lowest BCUT2D eigenvalue weighted by Gasteiger charge is -2.26. The molecule has 0 bridgehead atoms. The third kappa shape index (κ3) is 3.92. The van der Waals surface area contributed by atoms with Gasteiger partial charge in [-0.3, -0.25) is 4.79 Å². The number of ether oxygens (including phenoxy) is 1. The second-order valence-corrected chi connectivity index (χ2v) is 7.13. The molecule has 0 aromatic heterocycles. The number of aliphatic carboxylic acids is 1. The van der Waals surface area contributed by atoms with E-state index in [0.29, 0.717) is 6.42 Å². The summed E-state index contributed by atoms with van der Waals surface area (Å²) < 4.78 is 6.11. The summed E-state index contributed by atoms with van der Waals surface area (Å²) in [5, 5.41) is 9.27. The molecule has 1 aliphatic heterocycles. The summed E-state index contributed by atoms with van der Waals surface area (Å²) >= 11 is 1.97. The first kappa shape index (κ1) is 15.2. The van der Waals surface area contributed by atoms with Crippen molar-refractivity contribution in [1.82, 2.24) is 0 Å². The topological polar surface area (TPSA) is 46.5 Å². The van der Waals surface area contributed by atoms with Gasteiger partial charge in [-0.1, -0.05) is 18.2 Å². The Balaban J connectivity index is 2.11. The van der Waals surface area contributed by atoms with Crippen LogP contribution in [-0.2, 0) is 11.2 Å². The largest absolute Gasteiger partial charge is 0.490 e. The maximum absolute atomic E-state index is 11.3. The lowest BCUT2D eigenvalue weighted by atomic mass is 9.85. The summed E-state index contributed by atoms with van der Waals surface area (Å²) in [6, 6.07) is 7.81. The van der Waals surface area contributed by atoms with Crippen LogP contribution >= 0.6 is 11.8 Å². The molecule has 4 heteroatoms. The van der Waals surface area contributed by atoms with Crippen molar-refractivity contribution in [3.05, 3.63) is 29.8 Å². The Labute approximate surface area is 124 Å². The normalized spacial score (nSPS) is 16.9. The van der Waals surface area contributed by atoms with Crippen LogP contribution < -0.4 is 4.74 Å². The van der Waals surface area contributed by atoms with E-state index in [1.54, 1.807) is 13.8 Å². The molecular formula is C16H22O3S. The second kappa shape index (κ2) is 6.53. The lowest BCUT2D eigenvalue weighted by molar-refractivity contribution is -0.146. The van der Waals surface area contributed by atoms with E-state index in [-0.39, 0.29) is 6.10 Å². The van der Waals surface area contributed by atoms with E-state index in [9.17, 15) is 9.90 Å². The van der Waals surface area contributed by atoms with Crippen LogP contribution in [0.25, 0.3) is 0 Å². The fraction of sp³-hybridized carbons (Fsp3) is 0.562. The summed E-state index contributed by atoms with van der Waals surface area (Å²) in [6.45, 7) is 3.51. The highest BCUT2D eigenvalue weighted by atomic mass is 32.2. The molecule has 1 heterocycles. The van der Waals surface area contributed by atoms with E-state index in [4.69, 9.17) is 4.74 Å². The zero-order valence-electron chi connectivity index (χ0n) is 12.1. The van der Waals surface area contributed by atoms with Gasteiger partial charge in [0.15, 0.2) is 0 Å². The molecule has 0 atom stereocenters. The van der Waals surface area contributed by atoms with E-state index in [2.05, 4.69) is 0 Å². The van der Waals surface area contributed by atoms with Gasteiger partial charge in [0.05, 0.1) is 5.41 Å². The van der Waals surface area contributed by atoms with Crippen LogP contribution in [0.15, 0.2) is 24.3 Å². The van der Waals surface area contributed by atoms with Crippen molar-refractivity contribution in [2.75, 3.05) is 11.5 Å². The van der Waals surface area contributed by atoms with Gasteiger partial charge in [0, 0.05) is 0 Å². The third-order valence-electron chi connectivity index (χ3n) is 3.65. The van der Waals surface area contributed by atoms with Crippen molar-refractivity contribution in [2.45, 2.75) is 39.2 Å². The maximum atomic E-state index is 11.3. The molecule has 1 aromatic rings. The van der Waals surface area contributed by atoms with Crippen molar-refractivity contribution in [2.24, 2.45) is 5.41 Å².